The highest BCUT2D eigenvalue weighted by molar-refractivity contribution is 5.49. The summed E-state index contributed by atoms with van der Waals surface area (Å²) in [5.74, 6) is 0. The number of para-hydroxylation sites is 1. The number of rotatable bonds is 1. The maximum Gasteiger partial charge on any atom is 0.0390 e. The van der Waals surface area contributed by atoms with Crippen LogP contribution in [0.25, 0.3) is 0 Å². The lowest BCUT2D eigenvalue weighted by Crippen LogP contribution is -2.18. The van der Waals surface area contributed by atoms with Gasteiger partial charge in [-0.1, -0.05) is 29.8 Å². The predicted octanol–water partition coefficient (Wildman–Crippen LogP) is 2.45. The van der Waals surface area contributed by atoms with Gasteiger partial charge in [0, 0.05) is 18.8 Å². The predicted molar refractivity (Wildman–Crippen MR) is 52.4 cm³/mol. The van der Waals surface area contributed by atoms with Crippen molar-refractivity contribution in [2.24, 2.45) is 0 Å². The molecule has 0 spiro atoms. The van der Waals surface area contributed by atoms with Crippen molar-refractivity contribution in [3.05, 3.63) is 42.0 Å². The minimum absolute atomic E-state index is 1.07. The van der Waals surface area contributed by atoms with E-state index in [1.807, 2.05) is 0 Å². The first-order chi connectivity index (χ1) is 5.86. The van der Waals surface area contributed by atoms with E-state index in [1.54, 1.807) is 0 Å². The first kappa shape index (κ1) is 7.41. The maximum atomic E-state index is 2.37. The van der Waals surface area contributed by atoms with Gasteiger partial charge in [0.1, 0.15) is 0 Å². The molecule has 1 heteroatoms. The van der Waals surface area contributed by atoms with Crippen LogP contribution in [0.3, 0.4) is 0 Å². The molecule has 0 N–H and O–H groups in total. The van der Waals surface area contributed by atoms with Gasteiger partial charge in [-0.15, -0.1) is 0 Å². The van der Waals surface area contributed by atoms with Crippen molar-refractivity contribution in [1.82, 2.24) is 0 Å². The van der Waals surface area contributed by atoms with Crippen LogP contribution >= 0.6 is 0 Å². The maximum absolute atomic E-state index is 2.37. The van der Waals surface area contributed by atoms with Crippen molar-refractivity contribution in [2.75, 3.05) is 18.0 Å². The number of benzene rings is 1. The smallest absolute Gasteiger partial charge is 0.0390 e. The zero-order chi connectivity index (χ0) is 8.39. The SMILES string of the molecule is CC1=CCN(c2ccccc2)C1. The monoisotopic (exact) mass is 159 g/mol. The Bertz CT molecular complexity index is 287. The molecule has 0 unspecified atom stereocenters. The van der Waals surface area contributed by atoms with E-state index in [1.165, 1.54) is 11.3 Å². The summed E-state index contributed by atoms with van der Waals surface area (Å²) in [6.07, 6.45) is 2.28. The lowest BCUT2D eigenvalue weighted by Gasteiger charge is -2.17. The van der Waals surface area contributed by atoms with Crippen LogP contribution in [-0.4, -0.2) is 13.1 Å². The fourth-order valence-corrected chi connectivity index (χ4v) is 1.53. The Hall–Kier alpha value is -1.24. The lowest BCUT2D eigenvalue weighted by atomic mass is 10.3. The van der Waals surface area contributed by atoms with Crippen LogP contribution in [0, 0.1) is 0 Å². The van der Waals surface area contributed by atoms with E-state index < -0.39 is 0 Å². The zero-order valence-corrected chi connectivity index (χ0v) is 7.33. The molecule has 0 atom stereocenters. The highest BCUT2D eigenvalue weighted by atomic mass is 15.1. The van der Waals surface area contributed by atoms with E-state index in [0.29, 0.717) is 0 Å². The minimum atomic E-state index is 1.07. The molecule has 0 radical (unpaired) electrons. The Morgan fingerprint density at radius 1 is 1.17 bits per heavy atom. The summed E-state index contributed by atoms with van der Waals surface area (Å²) in [5, 5.41) is 0. The van der Waals surface area contributed by atoms with Gasteiger partial charge in [0.2, 0.25) is 0 Å². The molecule has 12 heavy (non-hydrogen) atoms. The van der Waals surface area contributed by atoms with Crippen LogP contribution in [0.1, 0.15) is 6.92 Å². The van der Waals surface area contributed by atoms with E-state index in [4.69, 9.17) is 0 Å². The van der Waals surface area contributed by atoms with Crippen LogP contribution in [0.2, 0.25) is 0 Å². The summed E-state index contributed by atoms with van der Waals surface area (Å²) in [5.41, 5.74) is 2.80. The first-order valence-corrected chi connectivity index (χ1v) is 4.32. The quantitative estimate of drug-likeness (QED) is 0.569. The fraction of sp³-hybridized carbons (Fsp3) is 0.273. The number of hydrogen-bond acceptors (Lipinski definition) is 1. The summed E-state index contributed by atoms with van der Waals surface area (Å²) in [6, 6.07) is 10.5. The zero-order valence-electron chi connectivity index (χ0n) is 7.33. The van der Waals surface area contributed by atoms with Crippen LogP contribution < -0.4 is 4.90 Å². The second-order valence-corrected chi connectivity index (χ2v) is 3.27. The summed E-state index contributed by atoms with van der Waals surface area (Å²) in [7, 11) is 0. The van der Waals surface area contributed by atoms with Gasteiger partial charge in [0.05, 0.1) is 0 Å². The molecule has 0 aliphatic carbocycles. The molecule has 0 amide bonds. The number of anilines is 1. The molecule has 1 nitrogen and oxygen atoms in total. The third-order valence-corrected chi connectivity index (χ3v) is 2.22. The van der Waals surface area contributed by atoms with Gasteiger partial charge in [-0.25, -0.2) is 0 Å². The van der Waals surface area contributed by atoms with Crippen molar-refractivity contribution in [1.29, 1.82) is 0 Å². The van der Waals surface area contributed by atoms with Crippen molar-refractivity contribution in [3.63, 3.8) is 0 Å². The van der Waals surface area contributed by atoms with Crippen molar-refractivity contribution < 1.29 is 0 Å². The Balaban J connectivity index is 2.14. The average Bonchev–Trinajstić information content (AvgIpc) is 2.54. The van der Waals surface area contributed by atoms with E-state index in [2.05, 4.69) is 48.2 Å². The molecule has 1 heterocycles. The van der Waals surface area contributed by atoms with Crippen LogP contribution in [-0.2, 0) is 0 Å². The lowest BCUT2D eigenvalue weighted by molar-refractivity contribution is 0.986. The Morgan fingerprint density at radius 3 is 2.50 bits per heavy atom. The highest BCUT2D eigenvalue weighted by Gasteiger charge is 2.09. The second-order valence-electron chi connectivity index (χ2n) is 3.27. The molecule has 1 aliphatic rings. The summed E-state index contributed by atoms with van der Waals surface area (Å²) < 4.78 is 0. The topological polar surface area (TPSA) is 3.24 Å². The molecule has 1 aromatic carbocycles. The van der Waals surface area contributed by atoms with Crippen molar-refractivity contribution in [2.45, 2.75) is 6.92 Å². The van der Waals surface area contributed by atoms with E-state index in [-0.39, 0.29) is 0 Å². The molecule has 0 saturated carbocycles. The second kappa shape index (κ2) is 3.02. The third-order valence-electron chi connectivity index (χ3n) is 2.22. The molecule has 0 fully saturated rings. The van der Waals surface area contributed by atoms with Gasteiger partial charge >= 0.3 is 0 Å². The van der Waals surface area contributed by atoms with E-state index >= 15 is 0 Å². The van der Waals surface area contributed by atoms with Crippen molar-refractivity contribution >= 4 is 5.69 Å². The molecular weight excluding hydrogens is 146 g/mol. The molecule has 1 aromatic rings. The normalized spacial score (nSPS) is 16.4. The standard InChI is InChI=1S/C11H13N/c1-10-7-8-12(9-10)11-5-3-2-4-6-11/h2-7H,8-9H2,1H3. The average molecular weight is 159 g/mol. The fourth-order valence-electron chi connectivity index (χ4n) is 1.53. The number of nitrogens with zero attached hydrogens (tertiary/aromatic N) is 1. The summed E-state index contributed by atoms with van der Waals surface area (Å²) in [6.45, 7) is 4.34. The summed E-state index contributed by atoms with van der Waals surface area (Å²) in [4.78, 5) is 2.37. The van der Waals surface area contributed by atoms with Gasteiger partial charge in [-0.3, -0.25) is 0 Å². The van der Waals surface area contributed by atoms with Gasteiger partial charge < -0.3 is 4.90 Å². The van der Waals surface area contributed by atoms with Gasteiger partial charge in [-0.05, 0) is 19.1 Å². The Kier molecular flexibility index (Phi) is 1.86. The third kappa shape index (κ3) is 1.35. The first-order valence-electron chi connectivity index (χ1n) is 4.32. The van der Waals surface area contributed by atoms with Crippen LogP contribution in [0.4, 0.5) is 5.69 Å². The number of hydrogen-bond donors (Lipinski definition) is 0. The molecule has 62 valence electrons. The molecule has 0 aromatic heterocycles. The molecule has 2 rings (SSSR count). The van der Waals surface area contributed by atoms with Crippen LogP contribution in [0.15, 0.2) is 42.0 Å². The van der Waals surface area contributed by atoms with Gasteiger partial charge in [-0.2, -0.15) is 0 Å². The van der Waals surface area contributed by atoms with Gasteiger partial charge in [0.25, 0.3) is 0 Å². The molecule has 0 saturated heterocycles. The summed E-state index contributed by atoms with van der Waals surface area (Å²) >= 11 is 0. The van der Waals surface area contributed by atoms with Crippen LogP contribution in [0.5, 0.6) is 0 Å². The molecular formula is C11H13N. The molecule has 0 bridgehead atoms. The van der Waals surface area contributed by atoms with E-state index in [0.717, 1.165) is 13.1 Å². The van der Waals surface area contributed by atoms with E-state index in [9.17, 15) is 0 Å². The molecule has 1 aliphatic heterocycles. The Morgan fingerprint density at radius 2 is 1.92 bits per heavy atom. The minimum Gasteiger partial charge on any atom is -0.364 e. The van der Waals surface area contributed by atoms with Gasteiger partial charge in [0.15, 0.2) is 0 Å². The largest absolute Gasteiger partial charge is 0.364 e. The Labute approximate surface area is 73.3 Å². The van der Waals surface area contributed by atoms with Crippen molar-refractivity contribution in [3.8, 4) is 0 Å². The highest BCUT2D eigenvalue weighted by Crippen LogP contribution is 2.18.